The molecule has 8 heteroatoms. The van der Waals surface area contributed by atoms with Crippen molar-refractivity contribution in [1.82, 2.24) is 19.4 Å². The molecule has 0 radical (unpaired) electrons. The topological polar surface area (TPSA) is 71.3 Å². The van der Waals surface area contributed by atoms with Crippen LogP contribution in [0.1, 0.15) is 17.4 Å². The number of carbonyl (C=O) groups is 1. The van der Waals surface area contributed by atoms with Gasteiger partial charge in [-0.25, -0.2) is 9.97 Å². The first-order chi connectivity index (χ1) is 13.6. The fourth-order valence-electron chi connectivity index (χ4n) is 3.52. The molecule has 1 aliphatic heterocycles. The highest BCUT2D eigenvalue weighted by molar-refractivity contribution is 6.33. The number of carbonyl (C=O) groups excluding carboxylic acids is 1. The maximum absolute atomic E-state index is 13.0. The van der Waals surface area contributed by atoms with Crippen molar-refractivity contribution < 1.29 is 4.79 Å². The number of hydrogen-bond acceptors (Lipinski definition) is 5. The van der Waals surface area contributed by atoms with E-state index in [0.717, 1.165) is 5.69 Å². The Labute approximate surface area is 167 Å². The van der Waals surface area contributed by atoms with Crippen LogP contribution in [0.2, 0.25) is 5.02 Å². The Bertz CT molecular complexity index is 1090. The molecule has 1 aliphatic rings. The van der Waals surface area contributed by atoms with E-state index in [-0.39, 0.29) is 11.6 Å². The Balaban J connectivity index is 1.59. The van der Waals surface area contributed by atoms with E-state index >= 15 is 0 Å². The van der Waals surface area contributed by atoms with Crippen LogP contribution in [0.4, 0.5) is 5.69 Å². The number of nitrogens with zero attached hydrogens (tertiary/aromatic N) is 5. The van der Waals surface area contributed by atoms with Gasteiger partial charge in [-0.3, -0.25) is 14.2 Å². The van der Waals surface area contributed by atoms with Crippen LogP contribution in [0, 0.1) is 0 Å². The van der Waals surface area contributed by atoms with E-state index in [1.54, 1.807) is 23.2 Å². The summed E-state index contributed by atoms with van der Waals surface area (Å²) in [7, 11) is 0. The fraction of sp³-hybridized carbons (Fsp3) is 0.300. The molecule has 0 atom stereocenters. The Morgan fingerprint density at radius 1 is 1.11 bits per heavy atom. The van der Waals surface area contributed by atoms with E-state index in [4.69, 9.17) is 11.6 Å². The van der Waals surface area contributed by atoms with Gasteiger partial charge in [-0.1, -0.05) is 23.7 Å². The molecule has 7 nitrogen and oxygen atoms in total. The second-order valence-corrected chi connectivity index (χ2v) is 6.99. The number of halogens is 1. The van der Waals surface area contributed by atoms with Gasteiger partial charge >= 0.3 is 0 Å². The van der Waals surface area contributed by atoms with Crippen LogP contribution in [-0.2, 0) is 6.54 Å². The minimum atomic E-state index is -0.396. The lowest BCUT2D eigenvalue weighted by atomic mass is 10.2. The second kappa shape index (κ2) is 7.59. The standard InChI is InChI=1S/C20H20ClN5O2/c1-2-26-18-15(7-5-9-22-18)23-17(20(26)28)19(27)25-12-10-24(11-13-25)16-8-4-3-6-14(16)21/h3-9H,2,10-13H2,1H3. The molecule has 1 saturated heterocycles. The van der Waals surface area contributed by atoms with E-state index in [1.165, 1.54) is 4.57 Å². The van der Waals surface area contributed by atoms with E-state index in [9.17, 15) is 9.59 Å². The summed E-state index contributed by atoms with van der Waals surface area (Å²) in [5, 5.41) is 0.691. The molecule has 0 unspecified atom stereocenters. The van der Waals surface area contributed by atoms with Crippen molar-refractivity contribution in [3.05, 3.63) is 63.7 Å². The van der Waals surface area contributed by atoms with Crippen LogP contribution in [0.25, 0.3) is 11.2 Å². The molecule has 3 aromatic rings. The number of benzene rings is 1. The highest BCUT2D eigenvalue weighted by Gasteiger charge is 2.27. The van der Waals surface area contributed by atoms with Crippen molar-refractivity contribution >= 4 is 34.4 Å². The number of aromatic nitrogens is 3. The first kappa shape index (κ1) is 18.4. The number of fused-ring (bicyclic) bond motifs is 1. The Kier molecular flexibility index (Phi) is 5.00. The summed E-state index contributed by atoms with van der Waals surface area (Å²) in [6, 6.07) is 11.2. The summed E-state index contributed by atoms with van der Waals surface area (Å²) < 4.78 is 1.50. The Hall–Kier alpha value is -2.93. The summed E-state index contributed by atoms with van der Waals surface area (Å²) >= 11 is 6.28. The number of pyridine rings is 1. The smallest absolute Gasteiger partial charge is 0.283 e. The molecule has 1 amide bonds. The van der Waals surface area contributed by atoms with Gasteiger partial charge in [0.25, 0.3) is 11.5 Å². The number of aryl methyl sites for hydroxylation is 1. The molecule has 0 spiro atoms. The third-order valence-corrected chi connectivity index (χ3v) is 5.30. The zero-order valence-electron chi connectivity index (χ0n) is 15.5. The lowest BCUT2D eigenvalue weighted by Gasteiger charge is -2.36. The van der Waals surface area contributed by atoms with E-state index in [0.29, 0.717) is 48.9 Å². The summed E-state index contributed by atoms with van der Waals surface area (Å²) in [5.74, 6) is -0.336. The first-order valence-corrected chi connectivity index (χ1v) is 9.62. The van der Waals surface area contributed by atoms with Crippen molar-refractivity contribution in [2.24, 2.45) is 0 Å². The van der Waals surface area contributed by atoms with Gasteiger partial charge in [0.2, 0.25) is 0 Å². The number of hydrogen-bond donors (Lipinski definition) is 0. The molecule has 1 fully saturated rings. The van der Waals surface area contributed by atoms with Crippen molar-refractivity contribution in [3.8, 4) is 0 Å². The van der Waals surface area contributed by atoms with Crippen molar-refractivity contribution in [2.75, 3.05) is 31.1 Å². The third-order valence-electron chi connectivity index (χ3n) is 4.98. The van der Waals surface area contributed by atoms with Crippen LogP contribution in [0.15, 0.2) is 47.4 Å². The Morgan fingerprint density at radius 3 is 2.57 bits per heavy atom. The lowest BCUT2D eigenvalue weighted by molar-refractivity contribution is 0.0738. The maximum atomic E-state index is 13.0. The Morgan fingerprint density at radius 2 is 1.86 bits per heavy atom. The van der Waals surface area contributed by atoms with E-state index in [1.807, 2.05) is 31.2 Å². The number of para-hydroxylation sites is 1. The number of anilines is 1. The zero-order chi connectivity index (χ0) is 19.7. The van der Waals surface area contributed by atoms with E-state index in [2.05, 4.69) is 14.9 Å². The van der Waals surface area contributed by atoms with Gasteiger partial charge < -0.3 is 9.80 Å². The van der Waals surface area contributed by atoms with Crippen LogP contribution < -0.4 is 10.5 Å². The monoisotopic (exact) mass is 397 g/mol. The van der Waals surface area contributed by atoms with Gasteiger partial charge in [0.05, 0.1) is 10.7 Å². The average molecular weight is 398 g/mol. The third kappa shape index (κ3) is 3.22. The molecule has 28 heavy (non-hydrogen) atoms. The molecule has 0 aliphatic carbocycles. The first-order valence-electron chi connectivity index (χ1n) is 9.24. The SMILES string of the molecule is CCn1c(=O)c(C(=O)N2CCN(c3ccccc3Cl)CC2)nc2cccnc21. The zero-order valence-corrected chi connectivity index (χ0v) is 16.3. The van der Waals surface area contributed by atoms with Gasteiger partial charge in [-0.05, 0) is 31.2 Å². The normalized spacial score (nSPS) is 14.5. The summed E-state index contributed by atoms with van der Waals surface area (Å²) in [6.07, 6.45) is 1.62. The largest absolute Gasteiger partial charge is 0.367 e. The van der Waals surface area contributed by atoms with Crippen LogP contribution >= 0.6 is 11.6 Å². The molecule has 0 N–H and O–H groups in total. The van der Waals surface area contributed by atoms with Gasteiger partial charge in [0, 0.05) is 38.9 Å². The lowest BCUT2D eigenvalue weighted by Crippen LogP contribution is -2.50. The van der Waals surface area contributed by atoms with Gasteiger partial charge in [-0.2, -0.15) is 0 Å². The number of amides is 1. The van der Waals surface area contributed by atoms with Gasteiger partial charge in [0.15, 0.2) is 11.3 Å². The summed E-state index contributed by atoms with van der Waals surface area (Å²) in [4.78, 5) is 38.2. The molecule has 4 rings (SSSR count). The average Bonchev–Trinajstić information content (AvgIpc) is 2.73. The van der Waals surface area contributed by atoms with Crippen LogP contribution in [-0.4, -0.2) is 51.5 Å². The molecule has 3 heterocycles. The molecular weight excluding hydrogens is 378 g/mol. The highest BCUT2D eigenvalue weighted by atomic mass is 35.5. The minimum absolute atomic E-state index is 0.0476. The highest BCUT2D eigenvalue weighted by Crippen LogP contribution is 2.26. The van der Waals surface area contributed by atoms with Crippen LogP contribution in [0.5, 0.6) is 0 Å². The summed E-state index contributed by atoms with van der Waals surface area (Å²) in [6.45, 7) is 4.57. The summed E-state index contributed by atoms with van der Waals surface area (Å²) in [5.41, 5.74) is 1.55. The number of rotatable bonds is 3. The predicted molar refractivity (Wildman–Crippen MR) is 109 cm³/mol. The van der Waals surface area contributed by atoms with Crippen molar-refractivity contribution in [3.63, 3.8) is 0 Å². The predicted octanol–water partition coefficient (Wildman–Crippen LogP) is 2.43. The number of piperazine rings is 1. The molecular formula is C20H20ClN5O2. The molecule has 0 bridgehead atoms. The van der Waals surface area contributed by atoms with E-state index < -0.39 is 5.56 Å². The minimum Gasteiger partial charge on any atom is -0.367 e. The maximum Gasteiger partial charge on any atom is 0.283 e. The molecule has 144 valence electrons. The molecule has 0 saturated carbocycles. The van der Waals surface area contributed by atoms with Crippen molar-refractivity contribution in [1.29, 1.82) is 0 Å². The van der Waals surface area contributed by atoms with Crippen LogP contribution in [0.3, 0.4) is 0 Å². The second-order valence-electron chi connectivity index (χ2n) is 6.59. The van der Waals surface area contributed by atoms with Crippen molar-refractivity contribution in [2.45, 2.75) is 13.5 Å². The molecule has 2 aromatic heterocycles. The fourth-order valence-corrected chi connectivity index (χ4v) is 3.77. The van der Waals surface area contributed by atoms with Gasteiger partial charge in [-0.15, -0.1) is 0 Å². The molecule has 1 aromatic carbocycles. The van der Waals surface area contributed by atoms with Gasteiger partial charge in [0.1, 0.15) is 5.52 Å². The quantitative estimate of drug-likeness (QED) is 0.678.